The molecule has 0 bridgehead atoms. The number of anilines is 1. The van der Waals surface area contributed by atoms with E-state index in [1.54, 1.807) is 49.4 Å². The molecule has 44 heavy (non-hydrogen) atoms. The Hall–Kier alpha value is -4.38. The molecule has 0 amide bonds. The van der Waals surface area contributed by atoms with Gasteiger partial charge in [-0.1, -0.05) is 67.0 Å². The highest BCUT2D eigenvalue weighted by molar-refractivity contribution is 7.92. The number of carbonyl (C=O) groups is 2. The summed E-state index contributed by atoms with van der Waals surface area (Å²) in [6, 6.07) is 14.8. The molecule has 0 saturated carbocycles. The highest BCUT2D eigenvalue weighted by atomic mass is 35.5. The highest BCUT2D eigenvalue weighted by Gasteiger charge is 2.29. The number of hydrogen-bond acceptors (Lipinski definition) is 5. The van der Waals surface area contributed by atoms with Crippen LogP contribution in [0.4, 0.5) is 14.5 Å². The number of sulfonamides is 1. The monoisotopic (exact) mass is 653 g/mol. The van der Waals surface area contributed by atoms with Crippen LogP contribution in [0.2, 0.25) is 10.0 Å². The minimum absolute atomic E-state index is 0.0200. The van der Waals surface area contributed by atoms with Crippen LogP contribution in [0, 0.1) is 11.6 Å². The smallest absolute Gasteiger partial charge is 0.265 e. The fourth-order valence-corrected chi connectivity index (χ4v) is 6.28. The Morgan fingerprint density at radius 2 is 1.75 bits per heavy atom. The SMILES string of the molecule is C=Cc1cccc(Cl)c1C(=O)n1cc(C(=O)c2c(F)ccc(NS(=O)(=O)CCC)c2F)c2cc(-c3ccc(Cl)cc3)cnc21. The Bertz CT molecular complexity index is 2080. The average molecular weight is 655 g/mol. The molecular weight excluding hydrogens is 631 g/mol. The van der Waals surface area contributed by atoms with Gasteiger partial charge in [0.25, 0.3) is 5.91 Å². The molecular formula is C32H23Cl2F2N3O4S. The second kappa shape index (κ2) is 12.3. The van der Waals surface area contributed by atoms with Crippen LogP contribution in [0.5, 0.6) is 0 Å². The third-order valence-electron chi connectivity index (χ3n) is 6.82. The van der Waals surface area contributed by atoms with E-state index in [9.17, 15) is 18.0 Å². The number of halogens is 4. The molecule has 0 aliphatic carbocycles. The van der Waals surface area contributed by atoms with E-state index in [0.717, 1.165) is 22.9 Å². The molecule has 5 rings (SSSR count). The molecule has 12 heteroatoms. The van der Waals surface area contributed by atoms with Gasteiger partial charge < -0.3 is 0 Å². The zero-order chi connectivity index (χ0) is 31.8. The van der Waals surface area contributed by atoms with Gasteiger partial charge in [0.15, 0.2) is 5.82 Å². The largest absolute Gasteiger partial charge is 0.288 e. The summed E-state index contributed by atoms with van der Waals surface area (Å²) in [4.78, 5) is 32.3. The fourth-order valence-electron chi connectivity index (χ4n) is 4.76. The van der Waals surface area contributed by atoms with Crippen molar-refractivity contribution in [3.63, 3.8) is 0 Å². The van der Waals surface area contributed by atoms with E-state index < -0.39 is 44.6 Å². The van der Waals surface area contributed by atoms with Crippen LogP contribution in [0.1, 0.15) is 45.2 Å². The Balaban J connectivity index is 1.73. The number of hydrogen-bond donors (Lipinski definition) is 1. The maximum atomic E-state index is 15.7. The topological polar surface area (TPSA) is 98.1 Å². The van der Waals surface area contributed by atoms with Crippen molar-refractivity contribution >= 4 is 67.7 Å². The lowest BCUT2D eigenvalue weighted by molar-refractivity contribution is 0.0964. The molecule has 5 aromatic rings. The Morgan fingerprint density at radius 1 is 1.02 bits per heavy atom. The van der Waals surface area contributed by atoms with E-state index in [0.29, 0.717) is 21.7 Å². The van der Waals surface area contributed by atoms with Crippen LogP contribution in [0.3, 0.4) is 0 Å². The molecule has 2 aromatic heterocycles. The molecule has 0 unspecified atom stereocenters. The molecule has 0 aliphatic heterocycles. The molecule has 3 aromatic carbocycles. The molecule has 0 radical (unpaired) electrons. The van der Waals surface area contributed by atoms with Crippen molar-refractivity contribution in [3.8, 4) is 11.1 Å². The van der Waals surface area contributed by atoms with Crippen molar-refractivity contribution in [1.82, 2.24) is 9.55 Å². The number of rotatable bonds is 9. The van der Waals surface area contributed by atoms with Crippen molar-refractivity contribution < 1.29 is 26.8 Å². The molecule has 7 nitrogen and oxygen atoms in total. The van der Waals surface area contributed by atoms with E-state index in [1.807, 2.05) is 0 Å². The van der Waals surface area contributed by atoms with Crippen LogP contribution in [-0.2, 0) is 10.0 Å². The molecule has 0 atom stereocenters. The summed E-state index contributed by atoms with van der Waals surface area (Å²) < 4.78 is 58.6. The third kappa shape index (κ3) is 5.88. The van der Waals surface area contributed by atoms with Gasteiger partial charge in [0.2, 0.25) is 15.8 Å². The van der Waals surface area contributed by atoms with Gasteiger partial charge in [-0.2, -0.15) is 0 Å². The van der Waals surface area contributed by atoms with Gasteiger partial charge in [-0.25, -0.2) is 22.2 Å². The first-order chi connectivity index (χ1) is 21.0. The van der Waals surface area contributed by atoms with Gasteiger partial charge >= 0.3 is 0 Å². The Morgan fingerprint density at radius 3 is 2.43 bits per heavy atom. The summed E-state index contributed by atoms with van der Waals surface area (Å²) in [5.74, 6) is -4.73. The van der Waals surface area contributed by atoms with Gasteiger partial charge in [0, 0.05) is 28.4 Å². The lowest BCUT2D eigenvalue weighted by Crippen LogP contribution is -2.18. The van der Waals surface area contributed by atoms with Crippen LogP contribution in [0.15, 0.2) is 79.6 Å². The van der Waals surface area contributed by atoms with Gasteiger partial charge in [0.05, 0.1) is 33.2 Å². The number of aromatic nitrogens is 2. The zero-order valence-electron chi connectivity index (χ0n) is 23.1. The molecule has 1 N–H and O–H groups in total. The van der Waals surface area contributed by atoms with E-state index in [1.165, 1.54) is 18.3 Å². The van der Waals surface area contributed by atoms with E-state index in [-0.39, 0.29) is 39.4 Å². The first-order valence-electron chi connectivity index (χ1n) is 13.2. The van der Waals surface area contributed by atoms with Crippen LogP contribution >= 0.6 is 23.2 Å². The van der Waals surface area contributed by atoms with Crippen molar-refractivity contribution in [1.29, 1.82) is 0 Å². The number of nitrogens with one attached hydrogen (secondary N) is 1. The lowest BCUT2D eigenvalue weighted by Gasteiger charge is -2.11. The summed E-state index contributed by atoms with van der Waals surface area (Å²) in [6.45, 7) is 5.35. The zero-order valence-corrected chi connectivity index (χ0v) is 25.4. The first kappa shape index (κ1) is 31.1. The Labute approximate surface area is 261 Å². The quantitative estimate of drug-likeness (QED) is 0.163. The normalized spacial score (nSPS) is 11.5. The van der Waals surface area contributed by atoms with Crippen LogP contribution in [-0.4, -0.2) is 35.4 Å². The van der Waals surface area contributed by atoms with E-state index in [4.69, 9.17) is 23.2 Å². The standard InChI is InChI=1S/C32H23Cl2F2N3O4S/c1-3-14-44(42,43)38-26-13-12-25(35)28(29(26)36)30(40)23-17-39(32(41)27-18(4-2)6-5-7-24(27)34)31-22(23)15-20(16-37-31)19-8-10-21(33)11-9-19/h4-13,15-17,38H,2-3,14H2,1H3. The maximum absolute atomic E-state index is 15.7. The number of ketones is 1. The van der Waals surface area contributed by atoms with Gasteiger partial charge in [-0.05, 0) is 53.9 Å². The van der Waals surface area contributed by atoms with Crippen molar-refractivity contribution in [2.24, 2.45) is 0 Å². The predicted octanol–water partition coefficient (Wildman–Crippen LogP) is 8.00. The Kier molecular flexibility index (Phi) is 8.69. The molecule has 2 heterocycles. The summed E-state index contributed by atoms with van der Waals surface area (Å²) in [7, 11) is -3.96. The summed E-state index contributed by atoms with van der Waals surface area (Å²) in [5.41, 5.74) is -0.135. The second-order valence-corrected chi connectivity index (χ2v) is 12.4. The average Bonchev–Trinajstić information content (AvgIpc) is 3.37. The van der Waals surface area contributed by atoms with E-state index >= 15 is 8.78 Å². The van der Waals surface area contributed by atoms with Crippen LogP contribution < -0.4 is 4.72 Å². The number of fused-ring (bicyclic) bond motifs is 1. The minimum atomic E-state index is -3.96. The van der Waals surface area contributed by atoms with Crippen molar-refractivity contribution in [3.05, 3.63) is 124 Å². The fraction of sp³-hybridized carbons (Fsp3) is 0.0938. The number of pyridine rings is 1. The summed E-state index contributed by atoms with van der Waals surface area (Å²) >= 11 is 12.4. The first-order valence-corrected chi connectivity index (χ1v) is 15.6. The van der Waals surface area contributed by atoms with E-state index in [2.05, 4.69) is 16.3 Å². The predicted molar refractivity (Wildman–Crippen MR) is 169 cm³/mol. The number of carbonyl (C=O) groups excluding carboxylic acids is 2. The molecule has 0 saturated heterocycles. The summed E-state index contributed by atoms with van der Waals surface area (Å²) in [6.07, 6.45) is 4.31. The lowest BCUT2D eigenvalue weighted by atomic mass is 10.00. The molecule has 0 spiro atoms. The molecule has 224 valence electrons. The molecule has 0 aliphatic rings. The molecule has 0 fully saturated rings. The minimum Gasteiger partial charge on any atom is -0.288 e. The van der Waals surface area contributed by atoms with Crippen molar-refractivity contribution in [2.45, 2.75) is 13.3 Å². The van der Waals surface area contributed by atoms with Gasteiger partial charge in [-0.15, -0.1) is 0 Å². The maximum Gasteiger partial charge on any atom is 0.265 e. The third-order valence-corrected chi connectivity index (χ3v) is 8.86. The van der Waals surface area contributed by atoms with Crippen molar-refractivity contribution in [2.75, 3.05) is 10.5 Å². The van der Waals surface area contributed by atoms with Gasteiger partial charge in [-0.3, -0.25) is 18.9 Å². The van der Waals surface area contributed by atoms with Gasteiger partial charge in [0.1, 0.15) is 11.5 Å². The number of benzene rings is 3. The van der Waals surface area contributed by atoms with Crippen LogP contribution in [0.25, 0.3) is 28.2 Å². The summed E-state index contributed by atoms with van der Waals surface area (Å²) in [5, 5.41) is 0.719. The second-order valence-electron chi connectivity index (χ2n) is 9.76. The highest BCUT2D eigenvalue weighted by Crippen LogP contribution is 2.33. The number of nitrogens with zero attached hydrogens (tertiary/aromatic N) is 2.